The first-order valence-corrected chi connectivity index (χ1v) is 21.3. The molecule has 13 rings (SSSR count). The Bertz CT molecular complexity index is 3500. The number of benzene rings is 9. The Balaban J connectivity index is 1.01. The van der Waals surface area contributed by atoms with Crippen LogP contribution in [0.4, 0.5) is 0 Å². The first-order chi connectivity index (χ1) is 30.7. The van der Waals surface area contributed by atoms with Gasteiger partial charge in [-0.3, -0.25) is 0 Å². The number of fused-ring (bicyclic) bond motifs is 13. The van der Waals surface area contributed by atoms with Crippen molar-refractivity contribution in [1.82, 2.24) is 15.0 Å². The Kier molecular flexibility index (Phi) is 7.52. The van der Waals surface area contributed by atoms with Crippen molar-refractivity contribution in [1.29, 1.82) is 0 Å². The molecule has 62 heavy (non-hydrogen) atoms. The van der Waals surface area contributed by atoms with Gasteiger partial charge in [-0.1, -0.05) is 182 Å². The topological polar surface area (TPSA) is 41.6 Å². The van der Waals surface area contributed by atoms with Gasteiger partial charge in [0.15, 0.2) is 5.82 Å². The number of hydrogen-bond donors (Lipinski definition) is 1. The molecule has 0 amide bonds. The Morgan fingerprint density at radius 2 is 0.839 bits per heavy atom. The summed E-state index contributed by atoms with van der Waals surface area (Å²) < 4.78 is 0. The Morgan fingerprint density at radius 3 is 1.48 bits per heavy atom. The maximum Gasteiger partial charge on any atom is 0.160 e. The van der Waals surface area contributed by atoms with E-state index < -0.39 is 5.41 Å². The fraction of sp³-hybridized carbons (Fsp3) is 0.0169. The molecule has 0 saturated carbocycles. The third kappa shape index (κ3) is 5.06. The maximum atomic E-state index is 5.52. The van der Waals surface area contributed by atoms with Crippen molar-refractivity contribution in [3.05, 3.63) is 241 Å². The minimum Gasteiger partial charge on any atom is -0.361 e. The summed E-state index contributed by atoms with van der Waals surface area (Å²) in [4.78, 5) is 14.3. The molecule has 2 aliphatic carbocycles. The molecule has 2 aliphatic rings. The van der Waals surface area contributed by atoms with E-state index in [-0.39, 0.29) is 0 Å². The van der Waals surface area contributed by atoms with Gasteiger partial charge in [-0.2, -0.15) is 0 Å². The first-order valence-electron chi connectivity index (χ1n) is 21.3. The molecule has 0 fully saturated rings. The van der Waals surface area contributed by atoms with Gasteiger partial charge in [0.1, 0.15) is 0 Å². The zero-order valence-electron chi connectivity index (χ0n) is 33.7. The van der Waals surface area contributed by atoms with E-state index in [1.807, 2.05) is 12.3 Å². The van der Waals surface area contributed by atoms with E-state index >= 15 is 0 Å². The lowest BCUT2D eigenvalue weighted by Crippen LogP contribution is -2.25. The predicted molar refractivity (Wildman–Crippen MR) is 255 cm³/mol. The monoisotopic (exact) mass is 787 g/mol. The number of aromatic amines is 1. The average Bonchev–Trinajstić information content (AvgIpc) is 4.07. The Morgan fingerprint density at radius 1 is 0.323 bits per heavy atom. The van der Waals surface area contributed by atoms with Gasteiger partial charge in [-0.25, -0.2) is 9.97 Å². The van der Waals surface area contributed by atoms with Gasteiger partial charge in [-0.05, 0) is 113 Å². The summed E-state index contributed by atoms with van der Waals surface area (Å²) >= 11 is 0. The van der Waals surface area contributed by atoms with Crippen LogP contribution < -0.4 is 0 Å². The van der Waals surface area contributed by atoms with Crippen LogP contribution in [-0.2, 0) is 5.41 Å². The predicted octanol–water partition coefficient (Wildman–Crippen LogP) is 14.8. The van der Waals surface area contributed by atoms with Gasteiger partial charge in [0.05, 0.1) is 16.8 Å². The van der Waals surface area contributed by atoms with E-state index in [4.69, 9.17) is 9.97 Å². The second-order valence-electron chi connectivity index (χ2n) is 16.5. The van der Waals surface area contributed by atoms with E-state index in [2.05, 4.69) is 211 Å². The molecule has 0 bridgehead atoms. The normalized spacial score (nSPS) is 13.0. The van der Waals surface area contributed by atoms with Crippen molar-refractivity contribution in [2.75, 3.05) is 0 Å². The van der Waals surface area contributed by atoms with Gasteiger partial charge in [0.2, 0.25) is 0 Å². The fourth-order valence-electron chi connectivity index (χ4n) is 10.5. The number of rotatable bonds is 5. The highest BCUT2D eigenvalue weighted by atomic mass is 14.9. The molecule has 3 heteroatoms. The summed E-state index contributed by atoms with van der Waals surface area (Å²) in [5.41, 5.74) is 19.4. The third-order valence-electron chi connectivity index (χ3n) is 13.3. The average molecular weight is 788 g/mol. The lowest BCUT2D eigenvalue weighted by atomic mass is 9.70. The first kappa shape index (κ1) is 34.7. The van der Waals surface area contributed by atoms with E-state index in [9.17, 15) is 0 Å². The zero-order valence-corrected chi connectivity index (χ0v) is 33.7. The van der Waals surface area contributed by atoms with Crippen LogP contribution in [0.2, 0.25) is 0 Å². The smallest absolute Gasteiger partial charge is 0.160 e. The van der Waals surface area contributed by atoms with Gasteiger partial charge in [-0.15, -0.1) is 0 Å². The van der Waals surface area contributed by atoms with Gasteiger partial charge in [0, 0.05) is 28.6 Å². The highest BCUT2D eigenvalue weighted by Gasteiger charge is 2.51. The minimum absolute atomic E-state index is 0.459. The molecule has 11 aromatic rings. The number of aromatic nitrogens is 3. The minimum atomic E-state index is -0.459. The molecule has 3 nitrogen and oxygen atoms in total. The van der Waals surface area contributed by atoms with Crippen LogP contribution >= 0.6 is 0 Å². The summed E-state index contributed by atoms with van der Waals surface area (Å²) in [6.45, 7) is 0. The molecular formula is C59H37N3. The Labute approximate surface area is 359 Å². The highest BCUT2D eigenvalue weighted by molar-refractivity contribution is 6.13. The van der Waals surface area contributed by atoms with Crippen molar-refractivity contribution in [3.8, 4) is 78.5 Å². The van der Waals surface area contributed by atoms with Gasteiger partial charge >= 0.3 is 0 Å². The van der Waals surface area contributed by atoms with Gasteiger partial charge < -0.3 is 4.98 Å². The van der Waals surface area contributed by atoms with Crippen LogP contribution in [0, 0.1) is 0 Å². The van der Waals surface area contributed by atoms with Crippen LogP contribution in [0.15, 0.2) is 219 Å². The molecule has 2 aromatic heterocycles. The SMILES string of the molecule is c1c[nH]c(-c2ccc(-c3ccc(-c4cc(-c5cc6ccccc6c6ccccc56)nc(-c5ccc6c(c5)C5(c7ccccc7-c7ccccc75)c5ccccc5-6)n4)cc3)cc2)c1. The number of hydrogen-bond acceptors (Lipinski definition) is 2. The van der Waals surface area contributed by atoms with E-state index in [1.165, 1.54) is 77.2 Å². The van der Waals surface area contributed by atoms with E-state index in [0.29, 0.717) is 5.82 Å². The molecule has 0 atom stereocenters. The van der Waals surface area contributed by atoms with Crippen molar-refractivity contribution >= 4 is 21.5 Å². The second kappa shape index (κ2) is 13.4. The summed E-state index contributed by atoms with van der Waals surface area (Å²) in [5.74, 6) is 0.701. The van der Waals surface area contributed by atoms with Crippen molar-refractivity contribution in [2.45, 2.75) is 5.41 Å². The maximum absolute atomic E-state index is 5.52. The summed E-state index contributed by atoms with van der Waals surface area (Å²) in [5, 5.41) is 4.80. The molecule has 1 N–H and O–H groups in total. The number of H-pyrrole nitrogens is 1. The molecule has 2 heterocycles. The van der Waals surface area contributed by atoms with Crippen LogP contribution in [0.1, 0.15) is 22.3 Å². The Hall–Kier alpha value is -8.14. The highest BCUT2D eigenvalue weighted by Crippen LogP contribution is 2.63. The molecule has 288 valence electrons. The largest absolute Gasteiger partial charge is 0.361 e. The zero-order chi connectivity index (χ0) is 40.8. The second-order valence-corrected chi connectivity index (χ2v) is 16.5. The summed E-state index contributed by atoms with van der Waals surface area (Å²) in [6, 6.07) is 77.3. The molecule has 0 aliphatic heterocycles. The number of nitrogens with zero attached hydrogens (tertiary/aromatic N) is 2. The van der Waals surface area contributed by atoms with E-state index in [0.717, 1.165) is 39.3 Å². The van der Waals surface area contributed by atoms with Crippen LogP contribution in [-0.4, -0.2) is 15.0 Å². The molecule has 0 unspecified atom stereocenters. The molecular weight excluding hydrogens is 751 g/mol. The van der Waals surface area contributed by atoms with Crippen LogP contribution in [0.5, 0.6) is 0 Å². The number of nitrogens with one attached hydrogen (secondary N) is 1. The van der Waals surface area contributed by atoms with Crippen LogP contribution in [0.3, 0.4) is 0 Å². The molecule has 0 saturated heterocycles. The third-order valence-corrected chi connectivity index (χ3v) is 13.3. The standard InChI is InChI=1S/C59H37N3/c1-2-13-43-41(12-1)34-50(45-15-4-3-14-44(43)45)57-36-56(40-29-25-38(26-30-40)37-23-27-39(28-24-37)55-22-11-33-60-55)61-58(62-57)42-31-32-49-48-18-7-10-21-53(48)59(54(49)35-42)51-19-8-5-16-46(51)47-17-6-9-20-52(47)59/h1-36,60H. The summed E-state index contributed by atoms with van der Waals surface area (Å²) in [7, 11) is 0. The van der Waals surface area contributed by atoms with Crippen LogP contribution in [0.25, 0.3) is 100 Å². The fourth-order valence-corrected chi connectivity index (χ4v) is 10.5. The van der Waals surface area contributed by atoms with Gasteiger partial charge in [0.25, 0.3) is 0 Å². The molecule has 0 radical (unpaired) electrons. The molecule has 1 spiro atoms. The quantitative estimate of drug-likeness (QED) is 0.177. The van der Waals surface area contributed by atoms with Crippen molar-refractivity contribution < 1.29 is 0 Å². The van der Waals surface area contributed by atoms with Crippen molar-refractivity contribution in [3.63, 3.8) is 0 Å². The lowest BCUT2D eigenvalue weighted by Gasteiger charge is -2.30. The van der Waals surface area contributed by atoms with E-state index in [1.54, 1.807) is 0 Å². The lowest BCUT2D eigenvalue weighted by molar-refractivity contribution is 0.794. The van der Waals surface area contributed by atoms with Crippen molar-refractivity contribution in [2.24, 2.45) is 0 Å². The summed E-state index contributed by atoms with van der Waals surface area (Å²) in [6.07, 6.45) is 1.96. The molecule has 9 aromatic carbocycles.